The number of allylic oxidation sites excluding steroid dienone is 1. The quantitative estimate of drug-likeness (QED) is 0.607. The van der Waals surface area contributed by atoms with Crippen LogP contribution in [0, 0.1) is 5.92 Å². The van der Waals surface area contributed by atoms with Crippen molar-refractivity contribution >= 4 is 9.84 Å². The van der Waals surface area contributed by atoms with Crippen molar-refractivity contribution in [2.45, 2.75) is 36.1 Å². The van der Waals surface area contributed by atoms with E-state index in [1.54, 1.807) is 12.1 Å². The fraction of sp³-hybridized carbons (Fsp3) is 0.500. The van der Waals surface area contributed by atoms with Crippen LogP contribution in [0.1, 0.15) is 25.7 Å². The minimum absolute atomic E-state index is 0.0408. The van der Waals surface area contributed by atoms with Crippen molar-refractivity contribution in [1.29, 1.82) is 0 Å². The van der Waals surface area contributed by atoms with Crippen LogP contribution in [0.4, 0.5) is 0 Å². The first-order valence-corrected chi connectivity index (χ1v) is 7.32. The summed E-state index contributed by atoms with van der Waals surface area (Å²) < 4.78 is 24.7. The molecule has 0 amide bonds. The van der Waals surface area contributed by atoms with E-state index in [-0.39, 0.29) is 16.3 Å². The highest BCUT2D eigenvalue weighted by molar-refractivity contribution is 7.91. The fourth-order valence-electron chi connectivity index (χ4n) is 2.46. The highest BCUT2D eigenvalue weighted by Gasteiger charge is 2.38. The van der Waals surface area contributed by atoms with Crippen LogP contribution < -0.4 is 0 Å². The van der Waals surface area contributed by atoms with E-state index in [1.807, 2.05) is 0 Å². The number of aromatic nitrogens is 2. The molecule has 1 aromatic heterocycles. The van der Waals surface area contributed by atoms with Crippen LogP contribution in [-0.4, -0.2) is 23.6 Å². The zero-order chi connectivity index (χ0) is 12.3. The molecule has 1 heterocycles. The molecule has 2 rings (SSSR count). The van der Waals surface area contributed by atoms with Crippen molar-refractivity contribution in [3.05, 3.63) is 31.1 Å². The summed E-state index contributed by atoms with van der Waals surface area (Å²) in [6.45, 7) is 3.69. The molecule has 92 valence electrons. The summed E-state index contributed by atoms with van der Waals surface area (Å²) in [4.78, 5) is 7.73. The van der Waals surface area contributed by atoms with Gasteiger partial charge in [-0.05, 0) is 31.2 Å². The molecular formula is C12H16N2O2S. The third-order valence-electron chi connectivity index (χ3n) is 3.25. The van der Waals surface area contributed by atoms with Crippen molar-refractivity contribution in [1.82, 2.24) is 9.97 Å². The summed E-state index contributed by atoms with van der Waals surface area (Å²) in [5, 5.41) is -0.385. The Bertz CT molecular complexity index is 484. The van der Waals surface area contributed by atoms with Crippen molar-refractivity contribution in [2.75, 3.05) is 0 Å². The summed E-state index contributed by atoms with van der Waals surface area (Å²) in [5.74, 6) is 0.168. The van der Waals surface area contributed by atoms with Gasteiger partial charge in [-0.1, -0.05) is 12.5 Å². The van der Waals surface area contributed by atoms with Crippen molar-refractivity contribution in [3.63, 3.8) is 0 Å². The molecular weight excluding hydrogens is 236 g/mol. The van der Waals surface area contributed by atoms with Crippen LogP contribution in [0.5, 0.6) is 0 Å². The maximum atomic E-state index is 12.4. The number of rotatable bonds is 4. The minimum atomic E-state index is -3.38. The second-order valence-corrected chi connectivity index (χ2v) is 6.39. The Morgan fingerprint density at radius 3 is 2.71 bits per heavy atom. The molecule has 2 atom stereocenters. The molecule has 0 saturated heterocycles. The first-order chi connectivity index (χ1) is 8.16. The highest BCUT2D eigenvalue weighted by Crippen LogP contribution is 2.35. The maximum Gasteiger partial charge on any atom is 0.247 e. The molecule has 17 heavy (non-hydrogen) atoms. The number of hydrogen-bond acceptors (Lipinski definition) is 4. The normalized spacial score (nSPS) is 24.7. The van der Waals surface area contributed by atoms with Gasteiger partial charge in [0.2, 0.25) is 15.0 Å². The van der Waals surface area contributed by atoms with Gasteiger partial charge < -0.3 is 0 Å². The summed E-state index contributed by atoms with van der Waals surface area (Å²) >= 11 is 0. The fourth-order valence-corrected chi connectivity index (χ4v) is 4.38. The summed E-state index contributed by atoms with van der Waals surface area (Å²) in [6, 6.07) is 1.62. The molecule has 0 radical (unpaired) electrons. The summed E-state index contributed by atoms with van der Waals surface area (Å²) in [7, 11) is -3.38. The van der Waals surface area contributed by atoms with Crippen LogP contribution in [-0.2, 0) is 9.84 Å². The Morgan fingerprint density at radius 1 is 1.35 bits per heavy atom. The van der Waals surface area contributed by atoms with Gasteiger partial charge in [-0.3, -0.25) is 0 Å². The first kappa shape index (κ1) is 12.2. The number of nitrogens with zero attached hydrogens (tertiary/aromatic N) is 2. The Kier molecular flexibility index (Phi) is 3.57. The van der Waals surface area contributed by atoms with Gasteiger partial charge in [0, 0.05) is 12.4 Å². The second kappa shape index (κ2) is 4.96. The monoisotopic (exact) mass is 252 g/mol. The van der Waals surface area contributed by atoms with Crippen molar-refractivity contribution in [2.24, 2.45) is 5.92 Å². The van der Waals surface area contributed by atoms with Gasteiger partial charge >= 0.3 is 0 Å². The molecule has 1 fully saturated rings. The molecule has 4 nitrogen and oxygen atoms in total. The van der Waals surface area contributed by atoms with Gasteiger partial charge in [-0.2, -0.15) is 0 Å². The van der Waals surface area contributed by atoms with Gasteiger partial charge in [0.05, 0.1) is 5.25 Å². The van der Waals surface area contributed by atoms with Crippen molar-refractivity contribution < 1.29 is 8.42 Å². The lowest BCUT2D eigenvalue weighted by Crippen LogP contribution is -2.26. The molecule has 0 unspecified atom stereocenters. The molecule has 1 aliphatic carbocycles. The van der Waals surface area contributed by atoms with Gasteiger partial charge in [0.1, 0.15) is 0 Å². The molecule has 0 bridgehead atoms. The minimum Gasteiger partial charge on any atom is -0.227 e. The molecule has 5 heteroatoms. The van der Waals surface area contributed by atoms with Gasteiger partial charge in [0.25, 0.3) is 0 Å². The van der Waals surface area contributed by atoms with E-state index in [1.165, 1.54) is 12.4 Å². The summed E-state index contributed by atoms with van der Waals surface area (Å²) in [6.07, 6.45) is 8.09. The summed E-state index contributed by atoms with van der Waals surface area (Å²) in [5.41, 5.74) is 0. The molecule has 1 aliphatic rings. The van der Waals surface area contributed by atoms with Crippen LogP contribution in [0.3, 0.4) is 0 Å². The average Bonchev–Trinajstić information content (AvgIpc) is 2.80. The zero-order valence-corrected chi connectivity index (χ0v) is 10.4. The van der Waals surface area contributed by atoms with Crippen LogP contribution in [0.25, 0.3) is 0 Å². The Hall–Kier alpha value is -1.23. The first-order valence-electron chi connectivity index (χ1n) is 5.78. The molecule has 1 aromatic rings. The topological polar surface area (TPSA) is 59.9 Å². The molecule has 0 spiro atoms. The Morgan fingerprint density at radius 2 is 2.06 bits per heavy atom. The van der Waals surface area contributed by atoms with Crippen LogP contribution >= 0.6 is 0 Å². The van der Waals surface area contributed by atoms with E-state index in [4.69, 9.17) is 0 Å². The van der Waals surface area contributed by atoms with E-state index >= 15 is 0 Å². The van der Waals surface area contributed by atoms with Gasteiger partial charge in [-0.15, -0.1) is 6.58 Å². The van der Waals surface area contributed by atoms with E-state index in [0.29, 0.717) is 6.42 Å². The molecule has 0 N–H and O–H groups in total. The second-order valence-electron chi connectivity index (χ2n) is 4.33. The maximum absolute atomic E-state index is 12.4. The van der Waals surface area contributed by atoms with Crippen LogP contribution in [0.15, 0.2) is 36.3 Å². The van der Waals surface area contributed by atoms with E-state index in [0.717, 1.165) is 19.3 Å². The van der Waals surface area contributed by atoms with Gasteiger partial charge in [-0.25, -0.2) is 18.4 Å². The molecule has 1 saturated carbocycles. The van der Waals surface area contributed by atoms with E-state index in [2.05, 4.69) is 16.5 Å². The lowest BCUT2D eigenvalue weighted by Gasteiger charge is -2.17. The zero-order valence-electron chi connectivity index (χ0n) is 9.62. The number of hydrogen-bond donors (Lipinski definition) is 0. The van der Waals surface area contributed by atoms with Crippen molar-refractivity contribution in [3.8, 4) is 0 Å². The Labute approximate surface area is 102 Å². The van der Waals surface area contributed by atoms with Crippen LogP contribution in [0.2, 0.25) is 0 Å². The largest absolute Gasteiger partial charge is 0.247 e. The third kappa shape index (κ3) is 2.39. The molecule has 0 aliphatic heterocycles. The standard InChI is InChI=1S/C12H16N2O2S/c1-2-5-10-6-3-7-11(10)17(15,16)12-13-8-4-9-14-12/h2,4,8-11H,1,3,5-7H2/t10-,11-/m1/s1. The Balaban J connectivity index is 2.30. The lowest BCUT2D eigenvalue weighted by atomic mass is 10.0. The highest BCUT2D eigenvalue weighted by atomic mass is 32.2. The third-order valence-corrected chi connectivity index (χ3v) is 5.39. The smallest absolute Gasteiger partial charge is 0.227 e. The van der Waals surface area contributed by atoms with Gasteiger partial charge in [0.15, 0.2) is 0 Å². The lowest BCUT2D eigenvalue weighted by molar-refractivity contribution is 0.515. The van der Waals surface area contributed by atoms with E-state index in [9.17, 15) is 8.42 Å². The predicted molar refractivity (Wildman–Crippen MR) is 65.2 cm³/mol. The predicted octanol–water partition coefficient (Wildman–Crippen LogP) is 2.00. The number of sulfone groups is 1. The SMILES string of the molecule is C=CC[C@@H]1CCC[C@H]1S(=O)(=O)c1ncccn1. The molecule has 0 aromatic carbocycles. The average molecular weight is 252 g/mol. The van der Waals surface area contributed by atoms with E-state index < -0.39 is 9.84 Å².